The second-order valence-electron chi connectivity index (χ2n) is 2.66. The molecule has 0 bridgehead atoms. The van der Waals surface area contributed by atoms with E-state index in [0.29, 0.717) is 11.4 Å². The maximum atomic E-state index is 10.8. The fourth-order valence-electron chi connectivity index (χ4n) is 0.958. The van der Waals surface area contributed by atoms with Gasteiger partial charge < -0.3 is 0 Å². The summed E-state index contributed by atoms with van der Waals surface area (Å²) in [5.74, 6) is 0.0370. The van der Waals surface area contributed by atoms with E-state index in [4.69, 9.17) is 0 Å². The first-order chi connectivity index (χ1) is 7.88. The molecule has 0 fully saturated rings. The van der Waals surface area contributed by atoms with E-state index in [9.17, 15) is 4.79 Å². The SMILES string of the molecule is O=C1N=CN=C2N=NC=C12.c1cncnc1. The van der Waals surface area contributed by atoms with Crippen LogP contribution in [0, 0.1) is 0 Å². The maximum absolute atomic E-state index is 10.8. The maximum Gasteiger partial charge on any atom is 0.284 e. The zero-order chi connectivity index (χ0) is 11.2. The average molecular weight is 214 g/mol. The number of nitrogens with zero attached hydrogens (tertiary/aromatic N) is 6. The van der Waals surface area contributed by atoms with Crippen LogP contribution < -0.4 is 0 Å². The van der Waals surface area contributed by atoms with Crippen molar-refractivity contribution in [3.05, 3.63) is 36.6 Å². The fraction of sp³-hybridized carbons (Fsp3) is 0. The number of fused-ring (bicyclic) bond motifs is 1. The summed E-state index contributed by atoms with van der Waals surface area (Å²) in [5.41, 5.74) is 0.377. The molecule has 7 nitrogen and oxygen atoms in total. The Kier molecular flexibility index (Phi) is 2.98. The van der Waals surface area contributed by atoms with Gasteiger partial charge in [0.2, 0.25) is 0 Å². The van der Waals surface area contributed by atoms with E-state index in [1.54, 1.807) is 18.5 Å². The van der Waals surface area contributed by atoms with Crippen LogP contribution >= 0.6 is 0 Å². The van der Waals surface area contributed by atoms with Crippen molar-refractivity contribution in [2.45, 2.75) is 0 Å². The number of carbonyl (C=O) groups is 1. The van der Waals surface area contributed by atoms with E-state index in [1.165, 1.54) is 18.9 Å². The fourth-order valence-corrected chi connectivity index (χ4v) is 0.958. The van der Waals surface area contributed by atoms with E-state index in [1.807, 2.05) is 0 Å². The summed E-state index contributed by atoms with van der Waals surface area (Å²) in [6, 6.07) is 1.78. The first-order valence-electron chi connectivity index (χ1n) is 4.34. The topological polar surface area (TPSA) is 92.3 Å². The Labute approximate surface area is 90.4 Å². The summed E-state index contributed by atoms with van der Waals surface area (Å²) < 4.78 is 0. The molecule has 0 aliphatic carbocycles. The van der Waals surface area contributed by atoms with E-state index in [0.717, 1.165) is 0 Å². The number of rotatable bonds is 0. The number of amidine groups is 1. The zero-order valence-electron chi connectivity index (χ0n) is 8.06. The third kappa shape index (κ3) is 2.27. The summed E-state index contributed by atoms with van der Waals surface area (Å²) in [7, 11) is 0. The van der Waals surface area contributed by atoms with E-state index in [-0.39, 0.29) is 5.91 Å². The molecule has 0 aromatic carbocycles. The van der Waals surface area contributed by atoms with Crippen molar-refractivity contribution in [2.24, 2.45) is 20.2 Å². The smallest absolute Gasteiger partial charge is 0.267 e. The van der Waals surface area contributed by atoms with Gasteiger partial charge in [-0.2, -0.15) is 10.1 Å². The standard InChI is InChI=1S/C5H2N4O.C4H4N2/c10-5-3-1-8-9-4(3)6-2-7-5;1-2-5-4-6-3-1/h1-2H;1-4H. The molecule has 3 heterocycles. The molecule has 7 heteroatoms. The van der Waals surface area contributed by atoms with Gasteiger partial charge in [-0.1, -0.05) is 0 Å². The number of aromatic nitrogens is 2. The Bertz CT molecular complexity index is 469. The largest absolute Gasteiger partial charge is 0.284 e. The number of amides is 1. The molecular weight excluding hydrogens is 208 g/mol. The summed E-state index contributed by atoms with van der Waals surface area (Å²) in [5, 5.41) is 7.09. The molecule has 3 rings (SSSR count). The Balaban J connectivity index is 0.000000138. The van der Waals surface area contributed by atoms with Crippen molar-refractivity contribution in [3.63, 3.8) is 0 Å². The number of carbonyl (C=O) groups excluding carboxylic acids is 1. The summed E-state index contributed by atoms with van der Waals surface area (Å²) in [6.07, 6.45) is 7.41. The van der Waals surface area contributed by atoms with Crippen LogP contribution in [0.2, 0.25) is 0 Å². The Morgan fingerprint density at radius 2 is 1.94 bits per heavy atom. The zero-order valence-corrected chi connectivity index (χ0v) is 8.06. The van der Waals surface area contributed by atoms with Gasteiger partial charge in [0, 0.05) is 12.4 Å². The molecule has 0 N–H and O–H groups in total. The van der Waals surface area contributed by atoms with Crippen LogP contribution in [0.1, 0.15) is 0 Å². The van der Waals surface area contributed by atoms with Gasteiger partial charge in [-0.25, -0.2) is 15.0 Å². The molecule has 1 aromatic heterocycles. The molecule has 2 aliphatic heterocycles. The van der Waals surface area contributed by atoms with Crippen molar-refractivity contribution < 1.29 is 4.79 Å². The van der Waals surface area contributed by atoms with Gasteiger partial charge in [-0.05, 0) is 6.07 Å². The van der Waals surface area contributed by atoms with Gasteiger partial charge in [0.25, 0.3) is 5.91 Å². The molecule has 0 atom stereocenters. The lowest BCUT2D eigenvalue weighted by Crippen LogP contribution is -2.10. The van der Waals surface area contributed by atoms with Gasteiger partial charge in [0.05, 0.1) is 6.20 Å². The monoisotopic (exact) mass is 214 g/mol. The molecular formula is C9H6N6O. The quantitative estimate of drug-likeness (QED) is 0.638. The van der Waals surface area contributed by atoms with Crippen molar-refractivity contribution in [1.82, 2.24) is 9.97 Å². The summed E-state index contributed by atoms with van der Waals surface area (Å²) >= 11 is 0. The lowest BCUT2D eigenvalue weighted by atomic mass is 10.2. The third-order valence-electron chi connectivity index (χ3n) is 1.64. The first-order valence-corrected chi connectivity index (χ1v) is 4.34. The van der Waals surface area contributed by atoms with Crippen LogP contribution in [0.25, 0.3) is 0 Å². The van der Waals surface area contributed by atoms with Crippen molar-refractivity contribution >= 4 is 18.1 Å². The highest BCUT2D eigenvalue weighted by Gasteiger charge is 2.20. The first kappa shape index (κ1) is 9.97. The molecule has 0 spiro atoms. The predicted molar refractivity (Wildman–Crippen MR) is 55.9 cm³/mol. The highest BCUT2D eigenvalue weighted by Crippen LogP contribution is 2.12. The molecule has 16 heavy (non-hydrogen) atoms. The minimum absolute atomic E-state index is 0.324. The van der Waals surface area contributed by atoms with Crippen LogP contribution in [-0.2, 0) is 4.79 Å². The second-order valence-corrected chi connectivity index (χ2v) is 2.66. The normalized spacial score (nSPS) is 15.9. The van der Waals surface area contributed by atoms with Crippen LogP contribution in [-0.4, -0.2) is 28.0 Å². The Hall–Kier alpha value is -2.57. The van der Waals surface area contributed by atoms with Gasteiger partial charge in [-0.15, -0.1) is 5.11 Å². The van der Waals surface area contributed by atoms with Gasteiger partial charge in [0.15, 0.2) is 5.84 Å². The molecule has 0 saturated heterocycles. The van der Waals surface area contributed by atoms with E-state index >= 15 is 0 Å². The van der Waals surface area contributed by atoms with Gasteiger partial charge >= 0.3 is 0 Å². The van der Waals surface area contributed by atoms with Crippen LogP contribution in [0.15, 0.2) is 56.8 Å². The van der Waals surface area contributed by atoms with Crippen molar-refractivity contribution in [1.29, 1.82) is 0 Å². The van der Waals surface area contributed by atoms with E-state index < -0.39 is 0 Å². The van der Waals surface area contributed by atoms with Crippen LogP contribution in [0.5, 0.6) is 0 Å². The molecule has 0 saturated carbocycles. The lowest BCUT2D eigenvalue weighted by Gasteiger charge is -1.96. The lowest BCUT2D eigenvalue weighted by molar-refractivity contribution is -0.113. The van der Waals surface area contributed by atoms with Crippen LogP contribution in [0.3, 0.4) is 0 Å². The number of hydrogen-bond donors (Lipinski definition) is 0. The van der Waals surface area contributed by atoms with Gasteiger partial charge in [0.1, 0.15) is 18.2 Å². The highest BCUT2D eigenvalue weighted by molar-refractivity contribution is 6.26. The Morgan fingerprint density at radius 3 is 2.50 bits per heavy atom. The number of hydrogen-bond acceptors (Lipinski definition) is 6. The highest BCUT2D eigenvalue weighted by atomic mass is 16.1. The van der Waals surface area contributed by atoms with Crippen LogP contribution in [0.4, 0.5) is 0 Å². The second kappa shape index (κ2) is 4.78. The minimum atomic E-state index is -0.324. The molecule has 0 radical (unpaired) electrons. The molecule has 2 aliphatic rings. The average Bonchev–Trinajstić information content (AvgIpc) is 2.82. The molecule has 1 amide bonds. The van der Waals surface area contributed by atoms with Crippen molar-refractivity contribution in [3.8, 4) is 0 Å². The minimum Gasteiger partial charge on any atom is -0.267 e. The number of aliphatic imine (C=N–C) groups is 2. The predicted octanol–water partition coefficient (Wildman–Crippen LogP) is 0.780. The van der Waals surface area contributed by atoms with Gasteiger partial charge in [-0.3, -0.25) is 4.79 Å². The van der Waals surface area contributed by atoms with E-state index in [2.05, 4.69) is 30.2 Å². The molecule has 1 aromatic rings. The Morgan fingerprint density at radius 1 is 1.12 bits per heavy atom. The third-order valence-corrected chi connectivity index (χ3v) is 1.64. The summed E-state index contributed by atoms with van der Waals surface area (Å²) in [6.45, 7) is 0. The summed E-state index contributed by atoms with van der Waals surface area (Å²) in [4.78, 5) is 25.3. The molecule has 78 valence electrons. The molecule has 0 unspecified atom stereocenters. The van der Waals surface area contributed by atoms with Crippen molar-refractivity contribution in [2.75, 3.05) is 0 Å². The number of azo groups is 1.